The first kappa shape index (κ1) is 14.7. The number of aromatic nitrogens is 1. The van der Waals surface area contributed by atoms with Gasteiger partial charge in [0.1, 0.15) is 0 Å². The fraction of sp³-hybridized carbons (Fsp3) is 0.714. The predicted molar refractivity (Wildman–Crippen MR) is 82.1 cm³/mol. The van der Waals surface area contributed by atoms with Crippen molar-refractivity contribution in [3.63, 3.8) is 0 Å². The van der Waals surface area contributed by atoms with Gasteiger partial charge in [0, 0.05) is 16.6 Å². The molecular formula is C14H22N2OS2. The molecule has 1 saturated carbocycles. The van der Waals surface area contributed by atoms with Crippen molar-refractivity contribution in [1.29, 1.82) is 0 Å². The van der Waals surface area contributed by atoms with Crippen LogP contribution in [0.5, 0.6) is 0 Å². The van der Waals surface area contributed by atoms with Crippen LogP contribution in [-0.2, 0) is 11.2 Å². The van der Waals surface area contributed by atoms with E-state index >= 15 is 0 Å². The molecule has 1 aromatic heterocycles. The molecule has 1 aliphatic rings. The van der Waals surface area contributed by atoms with Gasteiger partial charge in [-0.2, -0.15) is 0 Å². The molecule has 106 valence electrons. The zero-order chi connectivity index (χ0) is 14.0. The van der Waals surface area contributed by atoms with E-state index < -0.39 is 0 Å². The van der Waals surface area contributed by atoms with Gasteiger partial charge in [0.05, 0.1) is 6.42 Å². The molecule has 0 aliphatic heterocycles. The molecule has 2 rings (SSSR count). The standard InChI is InChI=1S/C14H22N2OS2/c1-4-10-5-6-11(8(10)2)16-13(17)7-12-9(3)15-14(18)19-12/h8,10-11H,4-7H2,1-3H3,(H,15,18)(H,16,17). The average molecular weight is 298 g/mol. The Morgan fingerprint density at radius 3 is 2.79 bits per heavy atom. The molecule has 0 radical (unpaired) electrons. The molecule has 2 N–H and O–H groups in total. The van der Waals surface area contributed by atoms with Crippen LogP contribution in [0.2, 0.25) is 0 Å². The van der Waals surface area contributed by atoms with Gasteiger partial charge in [-0.25, -0.2) is 0 Å². The monoisotopic (exact) mass is 298 g/mol. The van der Waals surface area contributed by atoms with E-state index in [0.717, 1.165) is 26.9 Å². The smallest absolute Gasteiger partial charge is 0.225 e. The predicted octanol–water partition coefficient (Wildman–Crippen LogP) is 3.60. The molecule has 1 aromatic rings. The third-order valence-electron chi connectivity index (χ3n) is 4.34. The summed E-state index contributed by atoms with van der Waals surface area (Å²) in [6.45, 7) is 6.47. The summed E-state index contributed by atoms with van der Waals surface area (Å²) in [5.74, 6) is 1.49. The molecule has 1 heterocycles. The summed E-state index contributed by atoms with van der Waals surface area (Å²) >= 11 is 6.60. The van der Waals surface area contributed by atoms with Crippen LogP contribution in [0.25, 0.3) is 0 Å². The van der Waals surface area contributed by atoms with Gasteiger partial charge in [0.2, 0.25) is 5.91 Å². The molecular weight excluding hydrogens is 276 g/mol. The van der Waals surface area contributed by atoms with Crippen LogP contribution in [0.3, 0.4) is 0 Å². The van der Waals surface area contributed by atoms with Crippen molar-refractivity contribution in [2.45, 2.75) is 52.5 Å². The number of carbonyl (C=O) groups is 1. The summed E-state index contributed by atoms with van der Waals surface area (Å²) in [5, 5.41) is 3.20. The lowest BCUT2D eigenvalue weighted by Crippen LogP contribution is -2.38. The quantitative estimate of drug-likeness (QED) is 0.834. The molecule has 0 aromatic carbocycles. The molecule has 3 unspecified atom stereocenters. The number of hydrogen-bond donors (Lipinski definition) is 2. The molecule has 0 spiro atoms. The van der Waals surface area contributed by atoms with Crippen molar-refractivity contribution in [3.8, 4) is 0 Å². The number of nitrogens with one attached hydrogen (secondary N) is 2. The maximum absolute atomic E-state index is 12.1. The Morgan fingerprint density at radius 1 is 1.53 bits per heavy atom. The van der Waals surface area contributed by atoms with Crippen molar-refractivity contribution >= 4 is 29.5 Å². The van der Waals surface area contributed by atoms with Crippen molar-refractivity contribution in [2.24, 2.45) is 11.8 Å². The van der Waals surface area contributed by atoms with Crippen LogP contribution in [0.15, 0.2) is 0 Å². The maximum atomic E-state index is 12.1. The second-order valence-corrected chi connectivity index (χ2v) is 7.29. The van der Waals surface area contributed by atoms with Gasteiger partial charge in [-0.15, -0.1) is 11.3 Å². The summed E-state index contributed by atoms with van der Waals surface area (Å²) in [6.07, 6.45) is 4.02. The third-order valence-corrected chi connectivity index (χ3v) is 5.68. The van der Waals surface area contributed by atoms with Crippen LogP contribution in [0.1, 0.15) is 43.7 Å². The Kier molecular flexibility index (Phi) is 4.79. The molecule has 0 bridgehead atoms. The Hall–Kier alpha value is -0.680. The third kappa shape index (κ3) is 3.45. The number of amides is 1. The van der Waals surface area contributed by atoms with Gasteiger partial charge in [0.15, 0.2) is 3.95 Å². The minimum absolute atomic E-state index is 0.127. The Labute approximate surface area is 123 Å². The fourth-order valence-electron chi connectivity index (χ4n) is 3.04. The van der Waals surface area contributed by atoms with E-state index in [-0.39, 0.29) is 5.91 Å². The van der Waals surface area contributed by atoms with Gasteiger partial charge in [-0.05, 0) is 43.8 Å². The Bertz CT molecular complexity index is 506. The molecule has 5 heteroatoms. The van der Waals surface area contributed by atoms with Crippen molar-refractivity contribution in [3.05, 3.63) is 14.5 Å². The van der Waals surface area contributed by atoms with E-state index in [4.69, 9.17) is 12.2 Å². The minimum Gasteiger partial charge on any atom is -0.353 e. The van der Waals surface area contributed by atoms with Crippen LogP contribution < -0.4 is 5.32 Å². The highest BCUT2D eigenvalue weighted by molar-refractivity contribution is 7.73. The van der Waals surface area contributed by atoms with E-state index in [2.05, 4.69) is 24.1 Å². The summed E-state index contributed by atoms with van der Waals surface area (Å²) in [4.78, 5) is 16.3. The first-order chi connectivity index (χ1) is 9.01. The van der Waals surface area contributed by atoms with Crippen LogP contribution in [0.4, 0.5) is 0 Å². The molecule has 1 amide bonds. The summed E-state index contributed by atoms with van der Waals surface area (Å²) in [5.41, 5.74) is 1.02. The largest absolute Gasteiger partial charge is 0.353 e. The Morgan fingerprint density at radius 2 is 2.26 bits per heavy atom. The molecule has 3 nitrogen and oxygen atoms in total. The SMILES string of the molecule is CCC1CCC(NC(=O)Cc2sc(=S)[nH]c2C)C1C. The highest BCUT2D eigenvalue weighted by Gasteiger charge is 2.32. The number of thiazole rings is 1. The number of carbonyl (C=O) groups excluding carboxylic acids is 1. The van der Waals surface area contributed by atoms with Crippen LogP contribution >= 0.6 is 23.6 Å². The number of hydrogen-bond acceptors (Lipinski definition) is 3. The van der Waals surface area contributed by atoms with E-state index in [1.165, 1.54) is 24.2 Å². The number of H-pyrrole nitrogens is 1. The topological polar surface area (TPSA) is 44.9 Å². The van der Waals surface area contributed by atoms with Gasteiger partial charge in [-0.3, -0.25) is 4.79 Å². The number of rotatable bonds is 4. The van der Waals surface area contributed by atoms with Gasteiger partial charge in [0.25, 0.3) is 0 Å². The van der Waals surface area contributed by atoms with Gasteiger partial charge < -0.3 is 10.3 Å². The molecule has 0 saturated heterocycles. The lowest BCUT2D eigenvalue weighted by atomic mass is 9.93. The minimum atomic E-state index is 0.127. The van der Waals surface area contributed by atoms with Crippen molar-refractivity contribution in [2.75, 3.05) is 0 Å². The first-order valence-electron chi connectivity index (χ1n) is 6.99. The van der Waals surface area contributed by atoms with E-state index in [1.54, 1.807) is 0 Å². The zero-order valence-corrected chi connectivity index (χ0v) is 13.4. The highest BCUT2D eigenvalue weighted by atomic mass is 32.1. The summed E-state index contributed by atoms with van der Waals surface area (Å²) < 4.78 is 0.751. The lowest BCUT2D eigenvalue weighted by Gasteiger charge is -2.20. The van der Waals surface area contributed by atoms with Gasteiger partial charge in [-0.1, -0.05) is 20.3 Å². The Balaban J connectivity index is 1.92. The second kappa shape index (κ2) is 6.18. The normalized spacial score (nSPS) is 26.6. The zero-order valence-electron chi connectivity index (χ0n) is 11.8. The van der Waals surface area contributed by atoms with Crippen molar-refractivity contribution in [1.82, 2.24) is 10.3 Å². The molecule has 1 fully saturated rings. The van der Waals surface area contributed by atoms with Crippen LogP contribution in [0, 0.1) is 22.7 Å². The van der Waals surface area contributed by atoms with Crippen molar-refractivity contribution < 1.29 is 4.79 Å². The second-order valence-electron chi connectivity index (χ2n) is 5.52. The molecule has 19 heavy (non-hydrogen) atoms. The van der Waals surface area contributed by atoms with E-state index in [9.17, 15) is 4.79 Å². The molecule has 3 atom stereocenters. The van der Waals surface area contributed by atoms with Gasteiger partial charge >= 0.3 is 0 Å². The lowest BCUT2D eigenvalue weighted by molar-refractivity contribution is -0.121. The summed E-state index contributed by atoms with van der Waals surface area (Å²) in [6, 6.07) is 0.352. The summed E-state index contributed by atoms with van der Waals surface area (Å²) in [7, 11) is 0. The average Bonchev–Trinajstić information content (AvgIpc) is 2.84. The fourth-order valence-corrected chi connectivity index (χ4v) is 4.33. The number of aromatic amines is 1. The molecule has 1 aliphatic carbocycles. The van der Waals surface area contributed by atoms with Crippen LogP contribution in [-0.4, -0.2) is 16.9 Å². The maximum Gasteiger partial charge on any atom is 0.225 e. The number of aryl methyl sites for hydroxylation is 1. The van der Waals surface area contributed by atoms with E-state index in [1.807, 2.05) is 6.92 Å². The highest BCUT2D eigenvalue weighted by Crippen LogP contribution is 2.33. The van der Waals surface area contributed by atoms with E-state index in [0.29, 0.717) is 18.4 Å². The first-order valence-corrected chi connectivity index (χ1v) is 8.21.